The summed E-state index contributed by atoms with van der Waals surface area (Å²) < 4.78 is 0. The van der Waals surface area contributed by atoms with Crippen LogP contribution in [0.25, 0.3) is 0 Å². The topological polar surface area (TPSA) is 29.1 Å². The highest BCUT2D eigenvalue weighted by atomic mass is 35.5. The zero-order valence-corrected chi connectivity index (χ0v) is 12.3. The highest BCUT2D eigenvalue weighted by molar-refractivity contribution is 6.36. The van der Waals surface area contributed by atoms with E-state index in [0.717, 1.165) is 25.7 Å². The van der Waals surface area contributed by atoms with Gasteiger partial charge in [0, 0.05) is 10.9 Å². The van der Waals surface area contributed by atoms with Crippen molar-refractivity contribution in [1.82, 2.24) is 0 Å². The van der Waals surface area contributed by atoms with Crippen LogP contribution >= 0.6 is 23.2 Å². The molecule has 1 atom stereocenters. The molecule has 0 aromatic heterocycles. The van der Waals surface area contributed by atoms with Gasteiger partial charge in [0.15, 0.2) is 0 Å². The molecule has 0 aliphatic rings. The van der Waals surface area contributed by atoms with Gasteiger partial charge in [0.2, 0.25) is 5.91 Å². The van der Waals surface area contributed by atoms with Crippen LogP contribution in [0.4, 0.5) is 5.69 Å². The van der Waals surface area contributed by atoms with Crippen LogP contribution in [0.5, 0.6) is 0 Å². The maximum atomic E-state index is 12.1. The molecule has 18 heavy (non-hydrogen) atoms. The molecule has 100 valence electrons. The molecule has 0 bridgehead atoms. The molecule has 4 heteroatoms. The highest BCUT2D eigenvalue weighted by Gasteiger charge is 2.16. The summed E-state index contributed by atoms with van der Waals surface area (Å²) in [5, 5.41) is 3.91. The summed E-state index contributed by atoms with van der Waals surface area (Å²) in [7, 11) is 0. The van der Waals surface area contributed by atoms with Crippen molar-refractivity contribution in [2.45, 2.75) is 39.5 Å². The summed E-state index contributed by atoms with van der Waals surface area (Å²) >= 11 is 11.8. The van der Waals surface area contributed by atoms with E-state index in [0.29, 0.717) is 15.7 Å². The van der Waals surface area contributed by atoms with E-state index in [4.69, 9.17) is 23.2 Å². The molecule has 0 spiro atoms. The lowest BCUT2D eigenvalue weighted by atomic mass is 9.98. The zero-order valence-electron chi connectivity index (χ0n) is 10.8. The molecule has 0 saturated heterocycles. The van der Waals surface area contributed by atoms with Gasteiger partial charge in [-0.05, 0) is 31.0 Å². The predicted octanol–water partition coefficient (Wildman–Crippen LogP) is 5.15. The van der Waals surface area contributed by atoms with E-state index in [2.05, 4.69) is 12.2 Å². The van der Waals surface area contributed by atoms with Crippen LogP contribution in [-0.2, 0) is 4.79 Å². The molecule has 0 fully saturated rings. The summed E-state index contributed by atoms with van der Waals surface area (Å²) in [5.41, 5.74) is 0.626. The molecule has 0 radical (unpaired) electrons. The fraction of sp³-hybridized carbons (Fsp3) is 0.500. The first kappa shape index (κ1) is 15.3. The molecular formula is C14H19Cl2NO. The van der Waals surface area contributed by atoms with Gasteiger partial charge < -0.3 is 5.32 Å². The first-order valence-electron chi connectivity index (χ1n) is 6.34. The Bertz CT molecular complexity index is 407. The number of benzene rings is 1. The van der Waals surface area contributed by atoms with Crippen molar-refractivity contribution >= 4 is 34.8 Å². The largest absolute Gasteiger partial charge is 0.325 e. The first-order chi connectivity index (χ1) is 8.58. The Morgan fingerprint density at radius 1 is 1.33 bits per heavy atom. The third-order valence-corrected chi connectivity index (χ3v) is 3.51. The minimum absolute atomic E-state index is 0.0372. The number of nitrogens with one attached hydrogen (secondary N) is 1. The van der Waals surface area contributed by atoms with Crippen molar-refractivity contribution in [3.05, 3.63) is 28.2 Å². The summed E-state index contributed by atoms with van der Waals surface area (Å²) in [6.07, 6.45) is 3.94. The number of hydrogen-bond acceptors (Lipinski definition) is 1. The van der Waals surface area contributed by atoms with Gasteiger partial charge in [-0.2, -0.15) is 0 Å². The minimum Gasteiger partial charge on any atom is -0.325 e. The standard InChI is InChI=1S/C14H19Cl2NO/c1-3-5-6-10(4-2)14(18)17-13-8-7-11(15)9-12(13)16/h7-10H,3-6H2,1-2H3,(H,17,18)/t10-/m1/s1. The van der Waals surface area contributed by atoms with Crippen molar-refractivity contribution in [2.24, 2.45) is 5.92 Å². The molecule has 1 amide bonds. The molecule has 0 unspecified atom stereocenters. The van der Waals surface area contributed by atoms with E-state index in [1.165, 1.54) is 0 Å². The quantitative estimate of drug-likeness (QED) is 0.770. The van der Waals surface area contributed by atoms with Gasteiger partial charge in [0.25, 0.3) is 0 Å². The second-order valence-corrected chi connectivity index (χ2v) is 5.20. The van der Waals surface area contributed by atoms with Gasteiger partial charge >= 0.3 is 0 Å². The van der Waals surface area contributed by atoms with Crippen molar-refractivity contribution in [3.63, 3.8) is 0 Å². The molecule has 1 aromatic carbocycles. The number of unbranched alkanes of at least 4 members (excludes halogenated alkanes) is 1. The Kier molecular flexibility index (Phi) is 6.51. The van der Waals surface area contributed by atoms with E-state index in [-0.39, 0.29) is 11.8 Å². The van der Waals surface area contributed by atoms with E-state index in [1.54, 1.807) is 18.2 Å². The second kappa shape index (κ2) is 7.65. The maximum absolute atomic E-state index is 12.1. The van der Waals surface area contributed by atoms with E-state index in [9.17, 15) is 4.79 Å². The molecule has 0 aliphatic heterocycles. The Labute approximate surface area is 119 Å². The fourth-order valence-electron chi connectivity index (χ4n) is 1.80. The number of halogens is 2. The number of anilines is 1. The molecule has 0 saturated carbocycles. The predicted molar refractivity (Wildman–Crippen MR) is 78.4 cm³/mol. The number of amides is 1. The monoisotopic (exact) mass is 287 g/mol. The summed E-state index contributed by atoms with van der Waals surface area (Å²) in [6, 6.07) is 5.08. The number of hydrogen-bond donors (Lipinski definition) is 1. The SMILES string of the molecule is CCCC[C@@H](CC)C(=O)Nc1ccc(Cl)cc1Cl. The smallest absolute Gasteiger partial charge is 0.227 e. The molecule has 0 heterocycles. The average Bonchev–Trinajstić information content (AvgIpc) is 2.34. The molecule has 0 aliphatic carbocycles. The first-order valence-corrected chi connectivity index (χ1v) is 7.10. The van der Waals surface area contributed by atoms with Crippen molar-refractivity contribution < 1.29 is 4.79 Å². The van der Waals surface area contributed by atoms with Crippen LogP contribution in [0.15, 0.2) is 18.2 Å². The molecule has 1 aromatic rings. The third-order valence-electron chi connectivity index (χ3n) is 2.96. The Morgan fingerprint density at radius 2 is 2.06 bits per heavy atom. The normalized spacial score (nSPS) is 12.2. The van der Waals surface area contributed by atoms with Crippen LogP contribution in [0.1, 0.15) is 39.5 Å². The lowest BCUT2D eigenvalue weighted by Crippen LogP contribution is -2.22. The number of carbonyl (C=O) groups is 1. The second-order valence-electron chi connectivity index (χ2n) is 4.36. The summed E-state index contributed by atoms with van der Waals surface area (Å²) in [4.78, 5) is 12.1. The van der Waals surface area contributed by atoms with Crippen molar-refractivity contribution in [1.29, 1.82) is 0 Å². The molecule has 1 rings (SSSR count). The highest BCUT2D eigenvalue weighted by Crippen LogP contribution is 2.26. The lowest BCUT2D eigenvalue weighted by molar-refractivity contribution is -0.120. The molecule has 1 N–H and O–H groups in total. The van der Waals surface area contributed by atoms with Crippen molar-refractivity contribution in [2.75, 3.05) is 5.32 Å². The van der Waals surface area contributed by atoms with Gasteiger partial charge in [-0.3, -0.25) is 4.79 Å². The third kappa shape index (κ3) is 4.51. The van der Waals surface area contributed by atoms with Gasteiger partial charge in [0.1, 0.15) is 0 Å². The van der Waals surface area contributed by atoms with E-state index in [1.807, 2.05) is 6.92 Å². The lowest BCUT2D eigenvalue weighted by Gasteiger charge is -2.15. The fourth-order valence-corrected chi connectivity index (χ4v) is 2.25. The molecular weight excluding hydrogens is 269 g/mol. The summed E-state index contributed by atoms with van der Waals surface area (Å²) in [6.45, 7) is 4.16. The zero-order chi connectivity index (χ0) is 13.5. The Balaban J connectivity index is 2.67. The Morgan fingerprint density at radius 3 is 2.61 bits per heavy atom. The van der Waals surface area contributed by atoms with E-state index < -0.39 is 0 Å². The van der Waals surface area contributed by atoms with Gasteiger partial charge in [-0.25, -0.2) is 0 Å². The van der Waals surface area contributed by atoms with Crippen LogP contribution in [0.3, 0.4) is 0 Å². The van der Waals surface area contributed by atoms with Gasteiger partial charge in [0.05, 0.1) is 10.7 Å². The van der Waals surface area contributed by atoms with Crippen LogP contribution in [0.2, 0.25) is 10.0 Å². The number of carbonyl (C=O) groups excluding carboxylic acids is 1. The van der Waals surface area contributed by atoms with Gasteiger partial charge in [-0.1, -0.05) is 49.9 Å². The average molecular weight is 288 g/mol. The van der Waals surface area contributed by atoms with Crippen molar-refractivity contribution in [3.8, 4) is 0 Å². The van der Waals surface area contributed by atoms with Crippen LogP contribution in [0, 0.1) is 5.92 Å². The van der Waals surface area contributed by atoms with Gasteiger partial charge in [-0.15, -0.1) is 0 Å². The Hall–Kier alpha value is -0.730. The van der Waals surface area contributed by atoms with Crippen LogP contribution in [-0.4, -0.2) is 5.91 Å². The molecule has 2 nitrogen and oxygen atoms in total. The number of rotatable bonds is 6. The maximum Gasteiger partial charge on any atom is 0.227 e. The summed E-state index contributed by atoms with van der Waals surface area (Å²) in [5.74, 6) is 0.0897. The minimum atomic E-state index is 0.0372. The van der Waals surface area contributed by atoms with Crippen LogP contribution < -0.4 is 5.32 Å². The van der Waals surface area contributed by atoms with E-state index >= 15 is 0 Å².